The molecule has 0 bridgehead atoms. The number of benzene rings is 1. The first kappa shape index (κ1) is 16.9. The van der Waals surface area contributed by atoms with Crippen molar-refractivity contribution < 1.29 is 42.6 Å². The average molecular weight is 332 g/mol. The molecule has 1 heterocycles. The Morgan fingerprint density at radius 3 is 2.53 bits per heavy atom. The van der Waals surface area contributed by atoms with Gasteiger partial charge in [0.2, 0.25) is 0 Å². The molecule has 2 nitrogen and oxygen atoms in total. The minimum Gasteiger partial charge on any atom is -0.381 e. The third-order valence-corrected chi connectivity index (χ3v) is 3.22. The molecular weight excluding hydrogens is 313 g/mol. The van der Waals surface area contributed by atoms with E-state index in [9.17, 15) is 5.11 Å². The van der Waals surface area contributed by atoms with E-state index in [0.29, 0.717) is 32.0 Å². The fourth-order valence-electron chi connectivity index (χ4n) is 1.90. The van der Waals surface area contributed by atoms with Crippen LogP contribution in [0.2, 0.25) is 0 Å². The van der Waals surface area contributed by atoms with Crippen LogP contribution in [0.25, 0.3) is 0 Å². The molecule has 2 rings (SSSR count). The fraction of sp³-hybridized carbons (Fsp3) is 0.500. The first-order valence-corrected chi connectivity index (χ1v) is 6.44. The van der Waals surface area contributed by atoms with Gasteiger partial charge in [-0.1, -0.05) is 25.3 Å². The first-order valence-electron chi connectivity index (χ1n) is 6.44. The summed E-state index contributed by atoms with van der Waals surface area (Å²) in [4.78, 5) is 0. The summed E-state index contributed by atoms with van der Waals surface area (Å²) in [6.07, 6.45) is 1.18. The summed E-state index contributed by atoms with van der Waals surface area (Å²) in [5.41, 5.74) is 1.21. The second-order valence-electron chi connectivity index (χ2n) is 5.08. The summed E-state index contributed by atoms with van der Waals surface area (Å²) in [5, 5.41) is 10.2. The number of hydrogen-bond acceptors (Lipinski definition) is 2. The summed E-state index contributed by atoms with van der Waals surface area (Å²) in [6, 6.07) is 9.15. The molecule has 1 aliphatic rings. The van der Waals surface area contributed by atoms with E-state index >= 15 is 0 Å². The monoisotopic (exact) mass is 332 g/mol. The van der Waals surface area contributed by atoms with Crippen LogP contribution in [-0.2, 0) is 37.4 Å². The first-order chi connectivity index (χ1) is 8.59. The van der Waals surface area contributed by atoms with Gasteiger partial charge in [0.15, 0.2) is 0 Å². The van der Waals surface area contributed by atoms with E-state index in [1.807, 2.05) is 18.2 Å². The quantitative estimate of drug-likeness (QED) is 0.633. The van der Waals surface area contributed by atoms with Crippen LogP contribution in [0.5, 0.6) is 0 Å². The Balaban J connectivity index is 0.00000180. The van der Waals surface area contributed by atoms with Crippen LogP contribution in [0, 0.1) is 17.9 Å². The van der Waals surface area contributed by atoms with E-state index in [0.717, 1.165) is 5.56 Å². The zero-order valence-corrected chi connectivity index (χ0v) is 14.4. The Bertz CT molecular complexity index is 448. The standard InChI is InChI=1S/C16H19O2.Y/c1-13(2)15-5-3-14(4-6-15)7-8-16(17)9-11-18-12-10-16;/h3-5,13,17H,9-12H2,1-2H3;/q-1;. The predicted molar refractivity (Wildman–Crippen MR) is 71.2 cm³/mol. The van der Waals surface area contributed by atoms with Crippen molar-refractivity contribution in [2.75, 3.05) is 13.2 Å². The molecule has 0 spiro atoms. The van der Waals surface area contributed by atoms with Crippen molar-refractivity contribution in [2.45, 2.75) is 38.2 Å². The number of ether oxygens (including phenoxy) is 1. The molecule has 0 aliphatic carbocycles. The topological polar surface area (TPSA) is 29.5 Å². The molecule has 1 aromatic rings. The Morgan fingerprint density at radius 2 is 2.00 bits per heavy atom. The largest absolute Gasteiger partial charge is 0.381 e. The fourth-order valence-corrected chi connectivity index (χ4v) is 1.90. The molecule has 1 saturated heterocycles. The van der Waals surface area contributed by atoms with Crippen molar-refractivity contribution in [1.82, 2.24) is 0 Å². The van der Waals surface area contributed by atoms with Gasteiger partial charge in [0.25, 0.3) is 0 Å². The van der Waals surface area contributed by atoms with Crippen LogP contribution < -0.4 is 0 Å². The molecule has 19 heavy (non-hydrogen) atoms. The second-order valence-corrected chi connectivity index (χ2v) is 5.08. The van der Waals surface area contributed by atoms with Gasteiger partial charge in [0.1, 0.15) is 5.60 Å². The van der Waals surface area contributed by atoms with Crippen LogP contribution in [0.1, 0.15) is 43.7 Å². The molecule has 0 saturated carbocycles. The molecule has 0 unspecified atom stereocenters. The average Bonchev–Trinajstić information content (AvgIpc) is 2.38. The normalized spacial score (nSPS) is 17.3. The van der Waals surface area contributed by atoms with Gasteiger partial charge in [-0.3, -0.25) is 0 Å². The van der Waals surface area contributed by atoms with Gasteiger partial charge in [-0.15, -0.1) is 5.92 Å². The van der Waals surface area contributed by atoms with Crippen LogP contribution in [0.4, 0.5) is 0 Å². The van der Waals surface area contributed by atoms with E-state index in [4.69, 9.17) is 4.74 Å². The predicted octanol–water partition coefficient (Wildman–Crippen LogP) is 2.50. The molecular formula is C16H19O2Y-. The molecule has 0 aromatic heterocycles. The summed E-state index contributed by atoms with van der Waals surface area (Å²) in [7, 11) is 0. The maximum absolute atomic E-state index is 10.2. The molecule has 0 amide bonds. The van der Waals surface area contributed by atoms with Crippen LogP contribution >= 0.6 is 0 Å². The van der Waals surface area contributed by atoms with Crippen LogP contribution in [-0.4, -0.2) is 23.9 Å². The smallest absolute Gasteiger partial charge is 0.129 e. The van der Waals surface area contributed by atoms with Crippen molar-refractivity contribution in [2.24, 2.45) is 0 Å². The van der Waals surface area contributed by atoms with E-state index in [-0.39, 0.29) is 32.7 Å². The van der Waals surface area contributed by atoms with Crippen molar-refractivity contribution >= 4 is 0 Å². The SMILES string of the molecule is CC(C)c1[c-]cc(C#CC2(O)CCOCC2)cc1.[Y]. The van der Waals surface area contributed by atoms with Crippen LogP contribution in [0.3, 0.4) is 0 Å². The molecule has 3 heteroatoms. The molecule has 99 valence electrons. The van der Waals surface area contributed by atoms with E-state index in [2.05, 4.69) is 31.8 Å². The van der Waals surface area contributed by atoms with E-state index in [1.165, 1.54) is 5.56 Å². The van der Waals surface area contributed by atoms with E-state index < -0.39 is 5.60 Å². The molecule has 1 radical (unpaired) electrons. The molecule has 1 fully saturated rings. The molecule has 1 N–H and O–H groups in total. The molecule has 1 aromatic carbocycles. The molecule has 0 atom stereocenters. The van der Waals surface area contributed by atoms with Crippen molar-refractivity contribution in [3.8, 4) is 11.8 Å². The third-order valence-electron chi connectivity index (χ3n) is 3.22. The van der Waals surface area contributed by atoms with Gasteiger partial charge in [-0.2, -0.15) is 29.8 Å². The van der Waals surface area contributed by atoms with Gasteiger partial charge in [-0.25, -0.2) is 0 Å². The summed E-state index contributed by atoms with van der Waals surface area (Å²) in [5.74, 6) is 6.48. The Kier molecular flexibility index (Phi) is 6.70. The minimum atomic E-state index is -0.880. The third kappa shape index (κ3) is 5.01. The maximum Gasteiger partial charge on any atom is 0.129 e. The number of aliphatic hydroxyl groups is 1. The number of hydrogen-bond donors (Lipinski definition) is 1. The van der Waals surface area contributed by atoms with Gasteiger partial charge in [0, 0.05) is 45.6 Å². The van der Waals surface area contributed by atoms with E-state index in [1.54, 1.807) is 0 Å². The van der Waals surface area contributed by atoms with Crippen molar-refractivity contribution in [1.29, 1.82) is 0 Å². The van der Waals surface area contributed by atoms with Gasteiger partial charge in [-0.05, 0) is 5.92 Å². The summed E-state index contributed by atoms with van der Waals surface area (Å²) >= 11 is 0. The Morgan fingerprint density at radius 1 is 1.32 bits per heavy atom. The summed E-state index contributed by atoms with van der Waals surface area (Å²) in [6.45, 7) is 5.46. The Hall–Kier alpha value is -0.196. The minimum absolute atomic E-state index is 0. The second kappa shape index (κ2) is 7.55. The Labute approximate surface area is 140 Å². The zero-order chi connectivity index (χ0) is 13.0. The zero-order valence-electron chi connectivity index (χ0n) is 11.6. The van der Waals surface area contributed by atoms with Gasteiger partial charge in [0.05, 0.1) is 13.2 Å². The van der Waals surface area contributed by atoms with Crippen molar-refractivity contribution in [3.63, 3.8) is 0 Å². The van der Waals surface area contributed by atoms with Crippen LogP contribution in [0.15, 0.2) is 18.2 Å². The molecule has 1 aliphatic heterocycles. The summed E-state index contributed by atoms with van der Waals surface area (Å²) < 4.78 is 5.23. The van der Waals surface area contributed by atoms with Gasteiger partial charge < -0.3 is 9.84 Å². The number of rotatable bonds is 1. The maximum atomic E-state index is 10.2. The van der Waals surface area contributed by atoms with Crippen molar-refractivity contribution in [3.05, 3.63) is 35.4 Å². The van der Waals surface area contributed by atoms with Gasteiger partial charge >= 0.3 is 0 Å².